The van der Waals surface area contributed by atoms with Gasteiger partial charge in [-0.3, -0.25) is 14.4 Å². The maximum atomic E-state index is 13.0. The summed E-state index contributed by atoms with van der Waals surface area (Å²) in [5, 5.41) is 5.06. The molecule has 0 aliphatic carbocycles. The minimum absolute atomic E-state index is 0.0713. The molecule has 30 heavy (non-hydrogen) atoms. The highest BCUT2D eigenvalue weighted by atomic mass is 16.5. The number of carbonyl (C=O) groups excluding carboxylic acids is 4. The number of ether oxygens (including phenoxy) is 2. The van der Waals surface area contributed by atoms with Crippen LogP contribution in [0.25, 0.3) is 0 Å². The molecular weight excluding hydrogens is 388 g/mol. The van der Waals surface area contributed by atoms with Crippen LogP contribution in [0, 0.1) is 0 Å². The van der Waals surface area contributed by atoms with Crippen LogP contribution in [0.15, 0.2) is 60.7 Å². The fraction of sp³-hybridized carbons (Fsp3) is 0.273. The van der Waals surface area contributed by atoms with Crippen LogP contribution in [0.3, 0.4) is 0 Å². The van der Waals surface area contributed by atoms with E-state index in [9.17, 15) is 19.2 Å². The molecule has 2 rings (SSSR count). The zero-order valence-electron chi connectivity index (χ0n) is 16.8. The molecule has 8 nitrogen and oxygen atoms in total. The SMILES string of the molecule is CCOC(=O)[C@H](NC(=O)c1ccccc1)[C@H](C(=O)NCC(=O)OC)c1ccccc1. The Morgan fingerprint density at radius 2 is 1.53 bits per heavy atom. The van der Waals surface area contributed by atoms with E-state index in [0.717, 1.165) is 0 Å². The molecule has 2 aromatic rings. The molecule has 0 aromatic heterocycles. The topological polar surface area (TPSA) is 111 Å². The van der Waals surface area contributed by atoms with Crippen LogP contribution in [-0.2, 0) is 23.9 Å². The normalized spacial score (nSPS) is 12.2. The van der Waals surface area contributed by atoms with Gasteiger partial charge in [-0.1, -0.05) is 48.5 Å². The van der Waals surface area contributed by atoms with Gasteiger partial charge in [-0.25, -0.2) is 4.79 Å². The molecule has 0 spiro atoms. The van der Waals surface area contributed by atoms with Gasteiger partial charge in [0.25, 0.3) is 5.91 Å². The molecule has 0 radical (unpaired) electrons. The Kier molecular flexibility index (Phi) is 8.56. The number of amides is 2. The van der Waals surface area contributed by atoms with Crippen molar-refractivity contribution >= 4 is 23.8 Å². The Morgan fingerprint density at radius 3 is 2.10 bits per heavy atom. The van der Waals surface area contributed by atoms with Crippen molar-refractivity contribution in [2.45, 2.75) is 18.9 Å². The summed E-state index contributed by atoms with van der Waals surface area (Å²) in [6.07, 6.45) is 0. The van der Waals surface area contributed by atoms with E-state index in [1.165, 1.54) is 7.11 Å². The fourth-order valence-corrected chi connectivity index (χ4v) is 2.82. The lowest BCUT2D eigenvalue weighted by Gasteiger charge is -2.26. The summed E-state index contributed by atoms with van der Waals surface area (Å²) >= 11 is 0. The second-order valence-electron chi connectivity index (χ2n) is 6.25. The van der Waals surface area contributed by atoms with E-state index in [2.05, 4.69) is 15.4 Å². The van der Waals surface area contributed by atoms with Crippen LogP contribution in [0.4, 0.5) is 0 Å². The van der Waals surface area contributed by atoms with Gasteiger partial charge in [0.1, 0.15) is 12.6 Å². The Bertz CT molecular complexity index is 870. The molecule has 2 atom stereocenters. The summed E-state index contributed by atoms with van der Waals surface area (Å²) in [6.45, 7) is 1.32. The number of methoxy groups -OCH3 is 1. The van der Waals surface area contributed by atoms with Crippen molar-refractivity contribution < 1.29 is 28.7 Å². The highest BCUT2D eigenvalue weighted by molar-refractivity contribution is 6.00. The Morgan fingerprint density at radius 1 is 0.933 bits per heavy atom. The average Bonchev–Trinajstić information content (AvgIpc) is 2.78. The first-order chi connectivity index (χ1) is 14.5. The molecule has 0 unspecified atom stereocenters. The number of carbonyl (C=O) groups is 4. The predicted octanol–water partition coefficient (Wildman–Crippen LogP) is 1.42. The van der Waals surface area contributed by atoms with Crippen molar-refractivity contribution in [3.63, 3.8) is 0 Å². The summed E-state index contributed by atoms with van der Waals surface area (Å²) in [7, 11) is 1.20. The van der Waals surface area contributed by atoms with E-state index in [1.54, 1.807) is 67.6 Å². The molecule has 0 heterocycles. The number of nitrogens with one attached hydrogen (secondary N) is 2. The van der Waals surface area contributed by atoms with E-state index in [4.69, 9.17) is 4.74 Å². The first-order valence-corrected chi connectivity index (χ1v) is 9.40. The van der Waals surface area contributed by atoms with Crippen molar-refractivity contribution in [3.05, 3.63) is 71.8 Å². The van der Waals surface area contributed by atoms with Crippen molar-refractivity contribution in [2.24, 2.45) is 0 Å². The highest BCUT2D eigenvalue weighted by Crippen LogP contribution is 2.22. The third-order valence-corrected chi connectivity index (χ3v) is 4.27. The summed E-state index contributed by atoms with van der Waals surface area (Å²) in [4.78, 5) is 49.8. The zero-order valence-corrected chi connectivity index (χ0v) is 16.8. The number of benzene rings is 2. The van der Waals surface area contributed by atoms with E-state index in [1.807, 2.05) is 0 Å². The standard InChI is InChI=1S/C22H24N2O6/c1-3-30-22(28)19(24-20(26)16-12-8-5-9-13-16)18(15-10-6-4-7-11-15)21(27)23-14-17(25)29-2/h4-13,18-19H,3,14H2,1-2H3,(H,23,27)(H,24,26)/t18-,19-/m1/s1. The van der Waals surface area contributed by atoms with Crippen molar-refractivity contribution in [1.82, 2.24) is 10.6 Å². The van der Waals surface area contributed by atoms with Crippen molar-refractivity contribution in [1.29, 1.82) is 0 Å². The van der Waals surface area contributed by atoms with E-state index in [0.29, 0.717) is 11.1 Å². The average molecular weight is 412 g/mol. The summed E-state index contributed by atoms with van der Waals surface area (Å²) in [5.74, 6) is -3.68. The lowest BCUT2D eigenvalue weighted by atomic mass is 9.90. The van der Waals surface area contributed by atoms with Gasteiger partial charge in [-0.2, -0.15) is 0 Å². The van der Waals surface area contributed by atoms with E-state index in [-0.39, 0.29) is 13.2 Å². The zero-order chi connectivity index (χ0) is 21.9. The van der Waals surface area contributed by atoms with Gasteiger partial charge in [0.15, 0.2) is 0 Å². The Balaban J connectivity index is 2.38. The van der Waals surface area contributed by atoms with Crippen molar-refractivity contribution in [3.8, 4) is 0 Å². The van der Waals surface area contributed by atoms with E-state index >= 15 is 0 Å². The maximum absolute atomic E-state index is 13.0. The lowest BCUT2D eigenvalue weighted by Crippen LogP contribution is -2.51. The highest BCUT2D eigenvalue weighted by Gasteiger charge is 2.37. The molecule has 0 saturated carbocycles. The second kappa shape index (κ2) is 11.4. The van der Waals surface area contributed by atoms with Gasteiger partial charge in [0.05, 0.1) is 19.6 Å². The first-order valence-electron chi connectivity index (χ1n) is 9.40. The molecule has 0 bridgehead atoms. The molecule has 0 aliphatic heterocycles. The molecule has 158 valence electrons. The lowest BCUT2D eigenvalue weighted by molar-refractivity contribution is -0.148. The first kappa shape index (κ1) is 22.6. The van der Waals surface area contributed by atoms with Crippen LogP contribution in [0.5, 0.6) is 0 Å². The summed E-state index contributed by atoms with van der Waals surface area (Å²) < 4.78 is 9.65. The van der Waals surface area contributed by atoms with Crippen LogP contribution < -0.4 is 10.6 Å². The van der Waals surface area contributed by atoms with Gasteiger partial charge in [-0.15, -0.1) is 0 Å². The Labute approximate surface area is 174 Å². The molecule has 0 aliphatic rings. The smallest absolute Gasteiger partial charge is 0.329 e. The van der Waals surface area contributed by atoms with Crippen molar-refractivity contribution in [2.75, 3.05) is 20.3 Å². The van der Waals surface area contributed by atoms with Crippen LogP contribution in [0.1, 0.15) is 28.8 Å². The maximum Gasteiger partial charge on any atom is 0.329 e. The minimum atomic E-state index is -1.31. The monoisotopic (exact) mass is 412 g/mol. The molecule has 2 amide bonds. The number of hydrogen-bond donors (Lipinski definition) is 2. The van der Waals surface area contributed by atoms with Gasteiger partial charge in [-0.05, 0) is 24.6 Å². The molecule has 2 N–H and O–H groups in total. The Hall–Kier alpha value is -3.68. The van der Waals surface area contributed by atoms with Gasteiger partial charge >= 0.3 is 11.9 Å². The molecule has 0 saturated heterocycles. The van der Waals surface area contributed by atoms with Crippen LogP contribution >= 0.6 is 0 Å². The number of esters is 2. The summed E-state index contributed by atoms with van der Waals surface area (Å²) in [6, 6.07) is 15.5. The number of hydrogen-bond acceptors (Lipinski definition) is 6. The van der Waals surface area contributed by atoms with E-state index < -0.39 is 35.7 Å². The van der Waals surface area contributed by atoms with Gasteiger partial charge in [0, 0.05) is 5.56 Å². The molecular formula is C22H24N2O6. The molecule has 0 fully saturated rings. The largest absolute Gasteiger partial charge is 0.468 e. The quantitative estimate of drug-likeness (QED) is 0.603. The molecule has 8 heteroatoms. The van der Waals surface area contributed by atoms with Gasteiger partial charge in [0.2, 0.25) is 5.91 Å². The fourth-order valence-electron chi connectivity index (χ4n) is 2.82. The third kappa shape index (κ3) is 6.16. The van der Waals surface area contributed by atoms with Gasteiger partial charge < -0.3 is 20.1 Å². The minimum Gasteiger partial charge on any atom is -0.468 e. The van der Waals surface area contributed by atoms with Crippen LogP contribution in [0.2, 0.25) is 0 Å². The number of rotatable bonds is 9. The predicted molar refractivity (Wildman–Crippen MR) is 109 cm³/mol. The third-order valence-electron chi connectivity index (χ3n) is 4.27. The summed E-state index contributed by atoms with van der Waals surface area (Å²) in [5.41, 5.74) is 0.805. The second-order valence-corrected chi connectivity index (χ2v) is 6.25. The van der Waals surface area contributed by atoms with Crippen LogP contribution in [-0.4, -0.2) is 50.1 Å². The molecule has 2 aromatic carbocycles.